The molecule has 0 saturated heterocycles. The van der Waals surface area contributed by atoms with E-state index in [0.717, 1.165) is 17.1 Å². The molecule has 0 spiro atoms. The molecule has 0 unspecified atom stereocenters. The normalized spacial score (nSPS) is 11.6. The van der Waals surface area contributed by atoms with Crippen LogP contribution < -0.4 is 10.2 Å². The third kappa shape index (κ3) is 3.33. The third-order valence-corrected chi connectivity index (χ3v) is 4.08. The molecule has 0 bridgehead atoms. The van der Waals surface area contributed by atoms with Crippen LogP contribution in [0.3, 0.4) is 0 Å². The van der Waals surface area contributed by atoms with Crippen molar-refractivity contribution >= 4 is 17.1 Å². The molecule has 0 aromatic heterocycles. The second kappa shape index (κ2) is 7.51. The van der Waals surface area contributed by atoms with Crippen molar-refractivity contribution in [3.8, 4) is 0 Å². The van der Waals surface area contributed by atoms with E-state index in [-0.39, 0.29) is 0 Å². The number of hydrogen-bond donors (Lipinski definition) is 1. The van der Waals surface area contributed by atoms with Crippen LogP contribution in [-0.4, -0.2) is 14.1 Å². The SMILES string of the molecule is CN/C(=C(\c1ccccc1)N(C)c1ccccc1)c1ccccc1. The molecule has 24 heavy (non-hydrogen) atoms. The van der Waals surface area contributed by atoms with Crippen LogP contribution in [-0.2, 0) is 0 Å². The predicted octanol–water partition coefficient (Wildman–Crippen LogP) is 4.87. The van der Waals surface area contributed by atoms with Crippen molar-refractivity contribution in [2.75, 3.05) is 19.0 Å². The molecule has 0 aliphatic rings. The number of benzene rings is 3. The summed E-state index contributed by atoms with van der Waals surface area (Å²) < 4.78 is 0. The van der Waals surface area contributed by atoms with Gasteiger partial charge in [0.05, 0.1) is 11.4 Å². The van der Waals surface area contributed by atoms with Gasteiger partial charge >= 0.3 is 0 Å². The van der Waals surface area contributed by atoms with Crippen molar-refractivity contribution < 1.29 is 0 Å². The van der Waals surface area contributed by atoms with Crippen molar-refractivity contribution in [1.29, 1.82) is 0 Å². The molecule has 3 rings (SSSR count). The highest BCUT2D eigenvalue weighted by Gasteiger charge is 2.16. The Morgan fingerprint density at radius 3 is 1.62 bits per heavy atom. The molecule has 3 aromatic rings. The summed E-state index contributed by atoms with van der Waals surface area (Å²) in [5, 5.41) is 3.41. The second-order valence-corrected chi connectivity index (χ2v) is 5.60. The van der Waals surface area contributed by atoms with Crippen LogP contribution in [0.25, 0.3) is 11.4 Å². The minimum absolute atomic E-state index is 1.10. The highest BCUT2D eigenvalue weighted by molar-refractivity contribution is 5.96. The fourth-order valence-electron chi connectivity index (χ4n) is 2.89. The van der Waals surface area contributed by atoms with E-state index in [9.17, 15) is 0 Å². The average molecular weight is 314 g/mol. The van der Waals surface area contributed by atoms with Gasteiger partial charge in [0.1, 0.15) is 0 Å². The lowest BCUT2D eigenvalue weighted by atomic mass is 10.0. The zero-order chi connectivity index (χ0) is 16.8. The van der Waals surface area contributed by atoms with Crippen molar-refractivity contribution in [3.63, 3.8) is 0 Å². The van der Waals surface area contributed by atoms with Gasteiger partial charge in [0.2, 0.25) is 0 Å². The first-order valence-electron chi connectivity index (χ1n) is 8.13. The zero-order valence-electron chi connectivity index (χ0n) is 14.1. The Bertz CT molecular complexity index is 793. The van der Waals surface area contributed by atoms with E-state index in [1.54, 1.807) is 0 Å². The van der Waals surface area contributed by atoms with Gasteiger partial charge in [-0.2, -0.15) is 0 Å². The van der Waals surface area contributed by atoms with Gasteiger partial charge in [-0.3, -0.25) is 0 Å². The molecule has 3 aromatic carbocycles. The van der Waals surface area contributed by atoms with E-state index < -0.39 is 0 Å². The lowest BCUT2D eigenvalue weighted by Gasteiger charge is -2.27. The summed E-state index contributed by atoms with van der Waals surface area (Å²) in [6.45, 7) is 0. The number of para-hydroxylation sites is 1. The van der Waals surface area contributed by atoms with Crippen molar-refractivity contribution in [2.24, 2.45) is 0 Å². The molecule has 0 radical (unpaired) electrons. The fourth-order valence-corrected chi connectivity index (χ4v) is 2.89. The minimum atomic E-state index is 1.10. The molecule has 0 atom stereocenters. The zero-order valence-corrected chi connectivity index (χ0v) is 14.1. The second-order valence-electron chi connectivity index (χ2n) is 5.60. The smallest absolute Gasteiger partial charge is 0.0723 e. The fraction of sp³-hybridized carbons (Fsp3) is 0.0909. The van der Waals surface area contributed by atoms with Crippen molar-refractivity contribution in [1.82, 2.24) is 5.32 Å². The van der Waals surface area contributed by atoms with Gasteiger partial charge in [0.15, 0.2) is 0 Å². The third-order valence-electron chi connectivity index (χ3n) is 4.08. The summed E-state index contributed by atoms with van der Waals surface area (Å²) >= 11 is 0. The van der Waals surface area contributed by atoms with E-state index in [1.165, 1.54) is 11.1 Å². The summed E-state index contributed by atoms with van der Waals surface area (Å²) in [5.74, 6) is 0. The van der Waals surface area contributed by atoms with Crippen molar-refractivity contribution in [2.45, 2.75) is 0 Å². The number of nitrogens with one attached hydrogen (secondary N) is 1. The van der Waals surface area contributed by atoms with E-state index in [1.807, 2.05) is 25.2 Å². The van der Waals surface area contributed by atoms with Gasteiger partial charge in [-0.15, -0.1) is 0 Å². The first-order valence-corrected chi connectivity index (χ1v) is 8.13. The molecular formula is C22H22N2. The summed E-state index contributed by atoms with van der Waals surface area (Å²) in [4.78, 5) is 2.23. The Morgan fingerprint density at radius 2 is 1.12 bits per heavy atom. The molecular weight excluding hydrogens is 292 g/mol. The summed E-state index contributed by atoms with van der Waals surface area (Å²) in [7, 11) is 4.09. The molecule has 0 amide bonds. The van der Waals surface area contributed by atoms with E-state index >= 15 is 0 Å². The van der Waals surface area contributed by atoms with Crippen LogP contribution in [0.2, 0.25) is 0 Å². The quantitative estimate of drug-likeness (QED) is 0.676. The number of rotatable bonds is 5. The Labute approximate surface area is 144 Å². The lowest BCUT2D eigenvalue weighted by molar-refractivity contribution is 1.10. The van der Waals surface area contributed by atoms with Crippen LogP contribution in [0, 0.1) is 0 Å². The maximum absolute atomic E-state index is 3.41. The lowest BCUT2D eigenvalue weighted by Crippen LogP contribution is -2.21. The Hall–Kier alpha value is -3.00. The minimum Gasteiger partial charge on any atom is -0.386 e. The standard InChI is InChI=1S/C22H22N2/c1-23-21(18-12-6-3-7-13-18)22(19-14-8-4-9-15-19)24(2)20-16-10-5-11-17-20/h3-17,23H,1-2H3/b22-21+. The highest BCUT2D eigenvalue weighted by Crippen LogP contribution is 2.30. The molecule has 0 aliphatic heterocycles. The maximum atomic E-state index is 3.41. The first kappa shape index (κ1) is 15.9. The van der Waals surface area contributed by atoms with Crippen LogP contribution in [0.1, 0.15) is 11.1 Å². The number of hydrogen-bond acceptors (Lipinski definition) is 2. The number of nitrogens with zero attached hydrogens (tertiary/aromatic N) is 1. The summed E-state index contributed by atoms with van der Waals surface area (Å²) in [6.07, 6.45) is 0. The number of anilines is 1. The Morgan fingerprint density at radius 1 is 0.667 bits per heavy atom. The van der Waals surface area contributed by atoms with Gasteiger partial charge in [-0.25, -0.2) is 0 Å². The van der Waals surface area contributed by atoms with Crippen LogP contribution in [0.5, 0.6) is 0 Å². The first-order chi connectivity index (χ1) is 11.8. The van der Waals surface area contributed by atoms with Crippen LogP contribution in [0.15, 0.2) is 91.0 Å². The molecule has 0 fully saturated rings. The monoisotopic (exact) mass is 314 g/mol. The molecule has 0 aliphatic carbocycles. The predicted molar refractivity (Wildman–Crippen MR) is 104 cm³/mol. The van der Waals surface area contributed by atoms with Crippen molar-refractivity contribution in [3.05, 3.63) is 102 Å². The maximum Gasteiger partial charge on any atom is 0.0723 e. The largest absolute Gasteiger partial charge is 0.386 e. The molecule has 2 heteroatoms. The summed E-state index contributed by atoms with van der Waals surface area (Å²) in [5.41, 5.74) is 5.75. The molecule has 0 saturated carbocycles. The Balaban J connectivity index is 2.20. The Kier molecular flexibility index (Phi) is 4.97. The molecule has 120 valence electrons. The van der Waals surface area contributed by atoms with Gasteiger partial charge in [-0.1, -0.05) is 78.9 Å². The van der Waals surface area contributed by atoms with Gasteiger partial charge in [0.25, 0.3) is 0 Å². The van der Waals surface area contributed by atoms with Gasteiger partial charge in [0, 0.05) is 25.3 Å². The van der Waals surface area contributed by atoms with Crippen LogP contribution >= 0.6 is 0 Å². The molecule has 1 N–H and O–H groups in total. The molecule has 0 heterocycles. The summed E-state index contributed by atoms with van der Waals surface area (Å²) in [6, 6.07) is 31.4. The van der Waals surface area contributed by atoms with E-state index in [2.05, 4.69) is 90.1 Å². The van der Waals surface area contributed by atoms with E-state index in [4.69, 9.17) is 0 Å². The van der Waals surface area contributed by atoms with Crippen LogP contribution in [0.4, 0.5) is 5.69 Å². The average Bonchev–Trinajstić information content (AvgIpc) is 2.67. The topological polar surface area (TPSA) is 15.3 Å². The van der Waals surface area contributed by atoms with E-state index in [0.29, 0.717) is 0 Å². The van der Waals surface area contributed by atoms with Gasteiger partial charge < -0.3 is 10.2 Å². The highest BCUT2D eigenvalue weighted by atomic mass is 15.1. The molecule has 2 nitrogen and oxygen atoms in total. The van der Waals surface area contributed by atoms with Gasteiger partial charge in [-0.05, 0) is 17.7 Å².